The van der Waals surface area contributed by atoms with E-state index in [4.69, 9.17) is 9.47 Å². The lowest BCUT2D eigenvalue weighted by Gasteiger charge is -2.13. The molecule has 0 saturated heterocycles. The van der Waals surface area contributed by atoms with Crippen LogP contribution >= 0.6 is 0 Å². The molecule has 4 heteroatoms. The zero-order valence-electron chi connectivity index (χ0n) is 12.0. The number of pyridine rings is 1. The van der Waals surface area contributed by atoms with Gasteiger partial charge in [0.25, 0.3) is 0 Å². The van der Waals surface area contributed by atoms with Crippen LogP contribution in [-0.4, -0.2) is 19.2 Å². The van der Waals surface area contributed by atoms with Gasteiger partial charge in [-0.15, -0.1) is 0 Å². The zero-order valence-corrected chi connectivity index (χ0v) is 12.0. The number of methoxy groups -OCH3 is 2. The number of aromatic amines is 1. The topological polar surface area (TPSA) is 51.3 Å². The Hall–Kier alpha value is -1.97. The van der Waals surface area contributed by atoms with Crippen molar-refractivity contribution in [3.05, 3.63) is 33.6 Å². The maximum absolute atomic E-state index is 12.5. The lowest BCUT2D eigenvalue weighted by Crippen LogP contribution is -2.14. The molecular formula is C15H19NO3. The molecule has 102 valence electrons. The summed E-state index contributed by atoms with van der Waals surface area (Å²) in [5.41, 5.74) is 2.55. The summed E-state index contributed by atoms with van der Waals surface area (Å²) in [5, 5.41) is 0.631. The number of benzene rings is 1. The normalized spacial score (nSPS) is 11.1. The summed E-state index contributed by atoms with van der Waals surface area (Å²) in [6.45, 7) is 5.96. The fraction of sp³-hybridized carbons (Fsp3) is 0.400. The second-order valence-electron chi connectivity index (χ2n) is 4.90. The van der Waals surface area contributed by atoms with Crippen molar-refractivity contribution in [3.8, 4) is 11.5 Å². The van der Waals surface area contributed by atoms with E-state index in [0.29, 0.717) is 16.9 Å². The molecule has 0 fully saturated rings. The van der Waals surface area contributed by atoms with Crippen molar-refractivity contribution in [2.45, 2.75) is 26.7 Å². The lowest BCUT2D eigenvalue weighted by atomic mass is 9.99. The van der Waals surface area contributed by atoms with E-state index in [9.17, 15) is 4.79 Å². The number of ether oxygens (including phenoxy) is 2. The van der Waals surface area contributed by atoms with Crippen LogP contribution in [0.3, 0.4) is 0 Å². The van der Waals surface area contributed by atoms with Crippen LogP contribution in [0.15, 0.2) is 16.9 Å². The van der Waals surface area contributed by atoms with E-state index >= 15 is 0 Å². The minimum absolute atomic E-state index is 0.0576. The van der Waals surface area contributed by atoms with E-state index in [1.165, 1.54) is 0 Å². The van der Waals surface area contributed by atoms with Gasteiger partial charge in [-0.2, -0.15) is 0 Å². The summed E-state index contributed by atoms with van der Waals surface area (Å²) in [4.78, 5) is 15.8. The molecule has 0 aliphatic rings. The minimum Gasteiger partial charge on any atom is -0.493 e. The van der Waals surface area contributed by atoms with Gasteiger partial charge >= 0.3 is 0 Å². The SMILES string of the molecule is COc1cc2[nH]c(C)c(C(C)C)c(=O)c2cc1OC. The van der Waals surface area contributed by atoms with E-state index in [-0.39, 0.29) is 11.3 Å². The molecule has 0 radical (unpaired) electrons. The fourth-order valence-corrected chi connectivity index (χ4v) is 2.45. The quantitative estimate of drug-likeness (QED) is 0.924. The molecule has 1 aromatic heterocycles. The number of H-pyrrole nitrogens is 1. The third-order valence-corrected chi connectivity index (χ3v) is 3.32. The van der Waals surface area contributed by atoms with Crippen molar-refractivity contribution in [1.82, 2.24) is 4.98 Å². The molecule has 0 aliphatic carbocycles. The summed E-state index contributed by atoms with van der Waals surface area (Å²) < 4.78 is 10.5. The number of nitrogens with one attached hydrogen (secondary N) is 1. The van der Waals surface area contributed by atoms with Gasteiger partial charge in [0.15, 0.2) is 16.9 Å². The Kier molecular flexibility index (Phi) is 3.51. The van der Waals surface area contributed by atoms with Gasteiger partial charge in [0, 0.05) is 22.7 Å². The van der Waals surface area contributed by atoms with Crippen LogP contribution in [0.5, 0.6) is 11.5 Å². The smallest absolute Gasteiger partial charge is 0.193 e. The maximum atomic E-state index is 12.5. The van der Waals surface area contributed by atoms with Crippen LogP contribution in [0.2, 0.25) is 0 Å². The van der Waals surface area contributed by atoms with Gasteiger partial charge < -0.3 is 14.5 Å². The summed E-state index contributed by atoms with van der Waals surface area (Å²) in [6, 6.07) is 3.53. The van der Waals surface area contributed by atoms with Gasteiger partial charge in [-0.3, -0.25) is 4.79 Å². The standard InChI is InChI=1S/C15H19NO3/c1-8(2)14-9(3)16-11-7-13(19-5)12(18-4)6-10(11)15(14)17/h6-8H,1-5H3,(H,16,17). The molecule has 0 saturated carbocycles. The number of aryl methyl sites for hydroxylation is 1. The van der Waals surface area contributed by atoms with Crippen LogP contribution in [0.25, 0.3) is 10.9 Å². The first-order valence-corrected chi connectivity index (χ1v) is 6.28. The summed E-state index contributed by atoms with van der Waals surface area (Å²) in [7, 11) is 3.15. The molecule has 0 amide bonds. The van der Waals surface area contributed by atoms with Crippen LogP contribution in [0, 0.1) is 6.92 Å². The Bertz CT molecular complexity index is 671. The van der Waals surface area contributed by atoms with E-state index < -0.39 is 0 Å². The average Bonchev–Trinajstić information content (AvgIpc) is 2.36. The van der Waals surface area contributed by atoms with Crippen LogP contribution in [0.4, 0.5) is 0 Å². The molecule has 0 spiro atoms. The van der Waals surface area contributed by atoms with Crippen molar-refractivity contribution in [1.29, 1.82) is 0 Å². The van der Waals surface area contributed by atoms with Crippen molar-refractivity contribution < 1.29 is 9.47 Å². The molecule has 1 heterocycles. The number of hydrogen-bond acceptors (Lipinski definition) is 3. The molecule has 1 N–H and O–H groups in total. The number of hydrogen-bond donors (Lipinski definition) is 1. The van der Waals surface area contributed by atoms with Gasteiger partial charge in [0.1, 0.15) is 0 Å². The molecule has 0 aliphatic heterocycles. The van der Waals surface area contributed by atoms with Crippen molar-refractivity contribution in [2.75, 3.05) is 14.2 Å². The summed E-state index contributed by atoms with van der Waals surface area (Å²) in [6.07, 6.45) is 0. The highest BCUT2D eigenvalue weighted by atomic mass is 16.5. The molecule has 1 aromatic carbocycles. The average molecular weight is 261 g/mol. The largest absolute Gasteiger partial charge is 0.493 e. The molecule has 0 bridgehead atoms. The number of rotatable bonds is 3. The first kappa shape index (κ1) is 13.5. The van der Waals surface area contributed by atoms with Gasteiger partial charge in [0.2, 0.25) is 0 Å². The highest BCUT2D eigenvalue weighted by molar-refractivity contribution is 5.83. The van der Waals surface area contributed by atoms with E-state index in [1.807, 2.05) is 20.8 Å². The van der Waals surface area contributed by atoms with Gasteiger partial charge in [-0.25, -0.2) is 0 Å². The predicted molar refractivity (Wildman–Crippen MR) is 76.5 cm³/mol. The van der Waals surface area contributed by atoms with E-state index in [0.717, 1.165) is 16.8 Å². The minimum atomic E-state index is 0.0576. The van der Waals surface area contributed by atoms with Crippen molar-refractivity contribution in [2.24, 2.45) is 0 Å². The third-order valence-electron chi connectivity index (χ3n) is 3.32. The second-order valence-corrected chi connectivity index (χ2v) is 4.90. The highest BCUT2D eigenvalue weighted by Gasteiger charge is 2.15. The maximum Gasteiger partial charge on any atom is 0.193 e. The molecule has 4 nitrogen and oxygen atoms in total. The highest BCUT2D eigenvalue weighted by Crippen LogP contribution is 2.31. The second kappa shape index (κ2) is 4.96. The Morgan fingerprint density at radius 2 is 1.68 bits per heavy atom. The van der Waals surface area contributed by atoms with Crippen molar-refractivity contribution >= 4 is 10.9 Å². The lowest BCUT2D eigenvalue weighted by molar-refractivity contribution is 0.355. The monoisotopic (exact) mass is 261 g/mol. The predicted octanol–water partition coefficient (Wildman–Crippen LogP) is 2.98. The molecular weight excluding hydrogens is 242 g/mol. The summed E-state index contributed by atoms with van der Waals surface area (Å²) in [5.74, 6) is 1.36. The Balaban J connectivity index is 2.86. The van der Waals surface area contributed by atoms with Crippen LogP contribution < -0.4 is 14.9 Å². The first-order chi connectivity index (χ1) is 8.99. The third kappa shape index (κ3) is 2.18. The molecule has 2 rings (SSSR count). The Morgan fingerprint density at radius 3 is 2.21 bits per heavy atom. The zero-order chi connectivity index (χ0) is 14.2. The van der Waals surface area contributed by atoms with Gasteiger partial charge in [-0.05, 0) is 18.9 Å². The Labute approximate surface area is 112 Å². The van der Waals surface area contributed by atoms with Crippen molar-refractivity contribution in [3.63, 3.8) is 0 Å². The number of aromatic nitrogens is 1. The Morgan fingerprint density at radius 1 is 1.11 bits per heavy atom. The van der Waals surface area contributed by atoms with Gasteiger partial charge in [0.05, 0.1) is 19.7 Å². The molecule has 0 atom stereocenters. The molecule has 2 aromatic rings. The van der Waals surface area contributed by atoms with Crippen LogP contribution in [0.1, 0.15) is 31.0 Å². The summed E-state index contributed by atoms with van der Waals surface area (Å²) >= 11 is 0. The van der Waals surface area contributed by atoms with Gasteiger partial charge in [-0.1, -0.05) is 13.8 Å². The molecule has 0 unspecified atom stereocenters. The fourth-order valence-electron chi connectivity index (χ4n) is 2.45. The number of fused-ring (bicyclic) bond motifs is 1. The van der Waals surface area contributed by atoms with E-state index in [2.05, 4.69) is 4.98 Å². The van der Waals surface area contributed by atoms with Crippen LogP contribution in [-0.2, 0) is 0 Å². The first-order valence-electron chi connectivity index (χ1n) is 6.28. The molecule has 19 heavy (non-hydrogen) atoms. The van der Waals surface area contributed by atoms with E-state index in [1.54, 1.807) is 26.4 Å².